The summed E-state index contributed by atoms with van der Waals surface area (Å²) in [4.78, 5) is 24.4. The molecular formula is C21H24BrNO3. The fourth-order valence-corrected chi connectivity index (χ4v) is 3.41. The Morgan fingerprint density at radius 3 is 2.23 bits per heavy atom. The molecule has 2 atom stereocenters. The maximum Gasteiger partial charge on any atom is 0.307 e. The Kier molecular flexibility index (Phi) is 6.59. The first kappa shape index (κ1) is 20.2. The average molecular weight is 418 g/mol. The van der Waals surface area contributed by atoms with Crippen LogP contribution in [0.5, 0.6) is 0 Å². The minimum Gasteiger partial charge on any atom is -0.481 e. The summed E-state index contributed by atoms with van der Waals surface area (Å²) in [5.41, 5.74) is 4.83. The first-order valence-corrected chi connectivity index (χ1v) is 9.33. The fourth-order valence-electron chi connectivity index (χ4n) is 3.03. The van der Waals surface area contributed by atoms with Gasteiger partial charge in [-0.15, -0.1) is 0 Å². The van der Waals surface area contributed by atoms with E-state index in [9.17, 15) is 14.7 Å². The summed E-state index contributed by atoms with van der Waals surface area (Å²) < 4.78 is 0.896. The molecule has 0 aliphatic heterocycles. The number of nitrogens with one attached hydrogen (secondary N) is 1. The summed E-state index contributed by atoms with van der Waals surface area (Å²) in [6.45, 7) is 7.60. The van der Waals surface area contributed by atoms with Gasteiger partial charge in [0.2, 0.25) is 5.91 Å². The van der Waals surface area contributed by atoms with E-state index in [2.05, 4.69) is 21.2 Å². The van der Waals surface area contributed by atoms with Crippen molar-refractivity contribution in [2.24, 2.45) is 11.8 Å². The Balaban J connectivity index is 2.16. The summed E-state index contributed by atoms with van der Waals surface area (Å²) in [7, 11) is 0. The standard InChI is InChI=1S/C21H24BrNO3/c1-12-7-13(2)9-16(8-12)10-18(21(25)26)15(4)20(24)23-17-6-5-14(3)19(22)11-17/h5-9,11,15,18H,10H2,1-4H3,(H,23,24)(H,25,26)/t15-,18-/m1/s1. The molecule has 138 valence electrons. The van der Waals surface area contributed by atoms with Gasteiger partial charge in [0.15, 0.2) is 0 Å². The van der Waals surface area contributed by atoms with Gasteiger partial charge in [0.05, 0.1) is 5.92 Å². The minimum atomic E-state index is -0.961. The van der Waals surface area contributed by atoms with Crippen LogP contribution < -0.4 is 5.32 Å². The van der Waals surface area contributed by atoms with Gasteiger partial charge in [-0.1, -0.05) is 58.2 Å². The number of carboxylic acid groups (broad SMARTS) is 1. The Morgan fingerprint density at radius 1 is 1.08 bits per heavy atom. The molecule has 1 amide bonds. The van der Waals surface area contributed by atoms with Crippen molar-refractivity contribution in [3.63, 3.8) is 0 Å². The van der Waals surface area contributed by atoms with Gasteiger partial charge >= 0.3 is 5.97 Å². The highest BCUT2D eigenvalue weighted by Gasteiger charge is 2.30. The van der Waals surface area contributed by atoms with Crippen LogP contribution in [0.15, 0.2) is 40.9 Å². The number of carbonyl (C=O) groups excluding carboxylic acids is 1. The predicted octanol–water partition coefficient (Wildman–Crippen LogP) is 4.89. The van der Waals surface area contributed by atoms with E-state index in [0.29, 0.717) is 12.1 Å². The molecule has 0 bridgehead atoms. The maximum absolute atomic E-state index is 12.6. The molecule has 0 unspecified atom stereocenters. The molecule has 26 heavy (non-hydrogen) atoms. The number of hydrogen-bond donors (Lipinski definition) is 2. The molecule has 0 aromatic heterocycles. The molecular weight excluding hydrogens is 394 g/mol. The molecule has 0 heterocycles. The number of carbonyl (C=O) groups is 2. The van der Waals surface area contributed by atoms with Crippen LogP contribution in [0.25, 0.3) is 0 Å². The number of rotatable bonds is 6. The predicted molar refractivity (Wildman–Crippen MR) is 107 cm³/mol. The zero-order valence-corrected chi connectivity index (χ0v) is 17.1. The maximum atomic E-state index is 12.6. The third kappa shape index (κ3) is 5.18. The first-order valence-electron chi connectivity index (χ1n) is 8.54. The quantitative estimate of drug-likeness (QED) is 0.702. The third-order valence-corrected chi connectivity index (χ3v) is 5.37. The highest BCUT2D eigenvalue weighted by atomic mass is 79.9. The zero-order valence-electron chi connectivity index (χ0n) is 15.5. The smallest absolute Gasteiger partial charge is 0.307 e. The molecule has 0 spiro atoms. The van der Waals surface area contributed by atoms with Gasteiger partial charge in [-0.05, 0) is 50.5 Å². The van der Waals surface area contributed by atoms with Gasteiger partial charge in [-0.2, -0.15) is 0 Å². The monoisotopic (exact) mass is 417 g/mol. The second-order valence-electron chi connectivity index (χ2n) is 6.89. The average Bonchev–Trinajstić information content (AvgIpc) is 2.54. The summed E-state index contributed by atoms with van der Waals surface area (Å²) in [6, 6.07) is 11.5. The van der Waals surface area contributed by atoms with Crippen molar-refractivity contribution in [1.82, 2.24) is 0 Å². The third-order valence-electron chi connectivity index (χ3n) is 4.51. The highest BCUT2D eigenvalue weighted by Crippen LogP contribution is 2.24. The van der Waals surface area contributed by atoms with Gasteiger partial charge in [0.25, 0.3) is 0 Å². The summed E-state index contributed by atoms with van der Waals surface area (Å²) in [6.07, 6.45) is 0.323. The summed E-state index contributed by atoms with van der Waals surface area (Å²) in [5.74, 6) is -2.70. The second kappa shape index (κ2) is 8.49. The lowest BCUT2D eigenvalue weighted by Crippen LogP contribution is -2.33. The minimum absolute atomic E-state index is 0.294. The SMILES string of the molecule is Cc1cc(C)cc(C[C@@H](C(=O)O)[C@@H](C)C(=O)Nc2ccc(C)c(Br)c2)c1. The largest absolute Gasteiger partial charge is 0.481 e. The van der Waals surface area contributed by atoms with Crippen LogP contribution in [0.1, 0.15) is 29.2 Å². The topological polar surface area (TPSA) is 66.4 Å². The highest BCUT2D eigenvalue weighted by molar-refractivity contribution is 9.10. The Labute approximate surface area is 162 Å². The molecule has 0 saturated carbocycles. The Morgan fingerprint density at radius 2 is 1.69 bits per heavy atom. The van der Waals surface area contributed by atoms with E-state index in [1.807, 2.05) is 57.2 Å². The number of hydrogen-bond acceptors (Lipinski definition) is 2. The van der Waals surface area contributed by atoms with Crippen molar-refractivity contribution in [1.29, 1.82) is 0 Å². The van der Waals surface area contributed by atoms with Gasteiger partial charge < -0.3 is 10.4 Å². The summed E-state index contributed by atoms with van der Waals surface area (Å²) >= 11 is 3.44. The van der Waals surface area contributed by atoms with Crippen LogP contribution in [0.3, 0.4) is 0 Å². The van der Waals surface area contributed by atoms with Crippen molar-refractivity contribution in [3.05, 3.63) is 63.1 Å². The molecule has 5 heteroatoms. The van der Waals surface area contributed by atoms with Gasteiger partial charge in [-0.25, -0.2) is 0 Å². The molecule has 0 fully saturated rings. The molecule has 0 aliphatic rings. The number of amides is 1. The molecule has 2 aromatic rings. The number of anilines is 1. The Hall–Kier alpha value is -2.14. The van der Waals surface area contributed by atoms with Crippen molar-refractivity contribution < 1.29 is 14.7 Å². The van der Waals surface area contributed by atoms with Gasteiger partial charge in [-0.3, -0.25) is 9.59 Å². The Bertz CT molecular complexity index is 812. The number of halogens is 1. The van der Waals surface area contributed by atoms with E-state index in [-0.39, 0.29) is 5.91 Å². The molecule has 0 radical (unpaired) electrons. The van der Waals surface area contributed by atoms with E-state index < -0.39 is 17.8 Å². The molecule has 0 saturated heterocycles. The molecule has 4 nitrogen and oxygen atoms in total. The van der Waals surface area contributed by atoms with Crippen molar-refractivity contribution in [2.75, 3.05) is 5.32 Å². The van der Waals surface area contributed by atoms with Crippen LogP contribution in [0, 0.1) is 32.6 Å². The molecule has 2 N–H and O–H groups in total. The van der Waals surface area contributed by atoms with Crippen LogP contribution in [-0.2, 0) is 16.0 Å². The lowest BCUT2D eigenvalue weighted by atomic mass is 9.86. The van der Waals surface area contributed by atoms with Crippen LogP contribution in [-0.4, -0.2) is 17.0 Å². The molecule has 2 rings (SSSR count). The lowest BCUT2D eigenvalue weighted by molar-refractivity contribution is -0.145. The van der Waals surface area contributed by atoms with Crippen molar-refractivity contribution in [2.45, 2.75) is 34.1 Å². The van der Waals surface area contributed by atoms with Crippen LogP contribution >= 0.6 is 15.9 Å². The van der Waals surface area contributed by atoms with Crippen LogP contribution in [0.2, 0.25) is 0 Å². The lowest BCUT2D eigenvalue weighted by Gasteiger charge is -2.20. The van der Waals surface area contributed by atoms with E-state index >= 15 is 0 Å². The fraction of sp³-hybridized carbons (Fsp3) is 0.333. The van der Waals surface area contributed by atoms with Gasteiger partial charge in [0, 0.05) is 16.1 Å². The summed E-state index contributed by atoms with van der Waals surface area (Å²) in [5, 5.41) is 12.5. The number of aryl methyl sites for hydroxylation is 3. The number of benzene rings is 2. The van der Waals surface area contributed by atoms with Gasteiger partial charge in [0.1, 0.15) is 0 Å². The van der Waals surface area contributed by atoms with E-state index in [0.717, 1.165) is 26.7 Å². The van der Waals surface area contributed by atoms with E-state index in [1.165, 1.54) is 0 Å². The number of aliphatic carboxylic acids is 1. The van der Waals surface area contributed by atoms with Crippen LogP contribution in [0.4, 0.5) is 5.69 Å². The normalized spacial score (nSPS) is 13.1. The molecule has 0 aliphatic carbocycles. The first-order chi connectivity index (χ1) is 12.2. The molecule has 2 aromatic carbocycles. The van der Waals surface area contributed by atoms with E-state index in [4.69, 9.17) is 0 Å². The van der Waals surface area contributed by atoms with Crippen molar-refractivity contribution >= 4 is 33.5 Å². The number of carboxylic acids is 1. The van der Waals surface area contributed by atoms with Crippen molar-refractivity contribution in [3.8, 4) is 0 Å². The second-order valence-corrected chi connectivity index (χ2v) is 7.74. The van der Waals surface area contributed by atoms with E-state index in [1.54, 1.807) is 6.92 Å². The zero-order chi connectivity index (χ0) is 19.4.